The minimum Gasteiger partial charge on any atom is -0.359 e. The zero-order valence-corrected chi connectivity index (χ0v) is 7.80. The molecule has 0 atom stereocenters. The van der Waals surface area contributed by atoms with E-state index in [1.165, 1.54) is 11.1 Å². The molecule has 0 fully saturated rings. The Morgan fingerprint density at radius 1 is 1.31 bits per heavy atom. The number of anilines is 1. The molecule has 1 aromatic rings. The summed E-state index contributed by atoms with van der Waals surface area (Å²) in [4.78, 5) is 0. The summed E-state index contributed by atoms with van der Waals surface area (Å²) < 4.78 is 0. The second kappa shape index (κ2) is 3.09. The van der Waals surface area contributed by atoms with Gasteiger partial charge in [0.25, 0.3) is 0 Å². The van der Waals surface area contributed by atoms with Crippen molar-refractivity contribution in [2.75, 3.05) is 5.32 Å². The first kappa shape index (κ1) is 8.11. The molecule has 1 heteroatoms. The van der Waals surface area contributed by atoms with E-state index in [9.17, 15) is 0 Å². The maximum atomic E-state index is 3.97. The fourth-order valence-electron chi connectivity index (χ4n) is 1.62. The summed E-state index contributed by atoms with van der Waals surface area (Å²) in [5.74, 6) is 0. The van der Waals surface area contributed by atoms with Crippen molar-refractivity contribution in [1.29, 1.82) is 0 Å². The molecule has 2 rings (SSSR count). The smallest absolute Gasteiger partial charge is 0.0455 e. The van der Waals surface area contributed by atoms with Crippen molar-refractivity contribution < 1.29 is 0 Å². The van der Waals surface area contributed by atoms with Crippen molar-refractivity contribution >= 4 is 11.8 Å². The maximum absolute atomic E-state index is 3.97. The molecule has 1 nitrogen and oxygen atoms in total. The molecular formula is C12H13N. The highest BCUT2D eigenvalue weighted by atomic mass is 14.9. The molecule has 1 aromatic carbocycles. The summed E-state index contributed by atoms with van der Waals surface area (Å²) in [5.41, 5.74) is 4.82. The molecule has 1 aliphatic rings. The largest absolute Gasteiger partial charge is 0.359 e. The van der Waals surface area contributed by atoms with Gasteiger partial charge in [0.15, 0.2) is 0 Å². The number of allylic oxidation sites excluding steroid dienone is 1. The number of benzene rings is 1. The maximum Gasteiger partial charge on any atom is 0.0455 e. The van der Waals surface area contributed by atoms with Gasteiger partial charge in [0.2, 0.25) is 0 Å². The second-order valence-corrected chi connectivity index (χ2v) is 3.48. The van der Waals surface area contributed by atoms with E-state index in [-0.39, 0.29) is 0 Å². The third-order valence-corrected chi connectivity index (χ3v) is 2.17. The Hall–Kier alpha value is -1.50. The molecule has 0 amide bonds. The van der Waals surface area contributed by atoms with Crippen LogP contribution in [-0.2, 0) is 0 Å². The van der Waals surface area contributed by atoms with Gasteiger partial charge < -0.3 is 5.32 Å². The standard InChI is InChI=1S/C12H13N/c1-9-7-10(2)13-12-6-4-3-5-11(12)8-9/h3-6,8,13H,2,7H2,1H3. The van der Waals surface area contributed by atoms with Gasteiger partial charge in [0, 0.05) is 17.8 Å². The zero-order chi connectivity index (χ0) is 9.26. The van der Waals surface area contributed by atoms with Crippen molar-refractivity contribution in [2.24, 2.45) is 0 Å². The van der Waals surface area contributed by atoms with Crippen LogP contribution in [0.25, 0.3) is 6.08 Å². The predicted octanol–water partition coefficient (Wildman–Crippen LogP) is 3.42. The number of nitrogens with one attached hydrogen (secondary N) is 1. The Morgan fingerprint density at radius 3 is 2.92 bits per heavy atom. The van der Waals surface area contributed by atoms with Gasteiger partial charge in [-0.25, -0.2) is 0 Å². The Balaban J connectivity index is 2.51. The van der Waals surface area contributed by atoms with E-state index in [0.717, 1.165) is 17.8 Å². The zero-order valence-electron chi connectivity index (χ0n) is 7.80. The summed E-state index contributed by atoms with van der Waals surface area (Å²) in [6.45, 7) is 6.11. The predicted molar refractivity (Wildman–Crippen MR) is 57.5 cm³/mol. The molecule has 0 saturated carbocycles. The fraction of sp³-hybridized carbons (Fsp3) is 0.167. The van der Waals surface area contributed by atoms with E-state index < -0.39 is 0 Å². The van der Waals surface area contributed by atoms with Crippen LogP contribution in [0.15, 0.2) is 42.1 Å². The lowest BCUT2D eigenvalue weighted by molar-refractivity contribution is 1.15. The van der Waals surface area contributed by atoms with Crippen molar-refractivity contribution in [1.82, 2.24) is 0 Å². The Kier molecular flexibility index (Phi) is 1.93. The number of hydrogen-bond acceptors (Lipinski definition) is 1. The van der Waals surface area contributed by atoms with Crippen LogP contribution in [0.4, 0.5) is 5.69 Å². The van der Waals surface area contributed by atoms with Gasteiger partial charge in [0.05, 0.1) is 0 Å². The molecule has 0 saturated heterocycles. The van der Waals surface area contributed by atoms with E-state index in [4.69, 9.17) is 0 Å². The highest BCUT2D eigenvalue weighted by Crippen LogP contribution is 2.26. The Labute approximate surface area is 78.8 Å². The average Bonchev–Trinajstić information content (AvgIpc) is 2.20. The van der Waals surface area contributed by atoms with Gasteiger partial charge >= 0.3 is 0 Å². The number of para-hydroxylation sites is 1. The highest BCUT2D eigenvalue weighted by Gasteiger charge is 2.06. The third kappa shape index (κ3) is 1.64. The lowest BCUT2D eigenvalue weighted by Gasteiger charge is -2.07. The molecule has 0 bridgehead atoms. The van der Waals surface area contributed by atoms with E-state index in [1.54, 1.807) is 0 Å². The first-order valence-electron chi connectivity index (χ1n) is 4.47. The average molecular weight is 171 g/mol. The summed E-state index contributed by atoms with van der Waals surface area (Å²) >= 11 is 0. The van der Waals surface area contributed by atoms with Gasteiger partial charge in [-0.1, -0.05) is 36.4 Å². The fourth-order valence-corrected chi connectivity index (χ4v) is 1.62. The molecular weight excluding hydrogens is 158 g/mol. The molecule has 0 spiro atoms. The van der Waals surface area contributed by atoms with Crippen molar-refractivity contribution in [3.8, 4) is 0 Å². The Bertz CT molecular complexity index is 374. The first-order valence-corrected chi connectivity index (χ1v) is 4.47. The molecule has 0 aromatic heterocycles. The first-order chi connectivity index (χ1) is 6.25. The third-order valence-electron chi connectivity index (χ3n) is 2.17. The quantitative estimate of drug-likeness (QED) is 0.630. The summed E-state index contributed by atoms with van der Waals surface area (Å²) in [7, 11) is 0. The molecule has 0 aliphatic carbocycles. The van der Waals surface area contributed by atoms with Crippen LogP contribution in [0.1, 0.15) is 18.9 Å². The van der Waals surface area contributed by atoms with Crippen molar-refractivity contribution in [2.45, 2.75) is 13.3 Å². The van der Waals surface area contributed by atoms with Gasteiger partial charge in [-0.2, -0.15) is 0 Å². The van der Waals surface area contributed by atoms with Gasteiger partial charge in [-0.15, -0.1) is 0 Å². The van der Waals surface area contributed by atoms with Crippen LogP contribution in [0, 0.1) is 0 Å². The minimum absolute atomic E-state index is 0.939. The van der Waals surface area contributed by atoms with Crippen LogP contribution in [0.2, 0.25) is 0 Å². The van der Waals surface area contributed by atoms with Gasteiger partial charge in [0.1, 0.15) is 0 Å². The van der Waals surface area contributed by atoms with Crippen molar-refractivity contribution in [3.63, 3.8) is 0 Å². The number of hydrogen-bond donors (Lipinski definition) is 1. The molecule has 1 aliphatic heterocycles. The van der Waals surface area contributed by atoms with E-state index in [1.807, 2.05) is 6.07 Å². The van der Waals surface area contributed by atoms with Crippen LogP contribution < -0.4 is 5.32 Å². The lowest BCUT2D eigenvalue weighted by Crippen LogP contribution is -1.96. The van der Waals surface area contributed by atoms with Crippen LogP contribution in [0.3, 0.4) is 0 Å². The summed E-state index contributed by atoms with van der Waals surface area (Å²) in [6, 6.07) is 8.28. The molecule has 0 unspecified atom stereocenters. The Morgan fingerprint density at radius 2 is 2.08 bits per heavy atom. The monoisotopic (exact) mass is 171 g/mol. The highest BCUT2D eigenvalue weighted by molar-refractivity contribution is 5.71. The number of rotatable bonds is 0. The van der Waals surface area contributed by atoms with E-state index in [2.05, 4.69) is 43.1 Å². The second-order valence-electron chi connectivity index (χ2n) is 3.48. The normalized spacial score (nSPS) is 15.5. The molecule has 13 heavy (non-hydrogen) atoms. The van der Waals surface area contributed by atoms with Gasteiger partial charge in [-0.05, 0) is 18.6 Å². The SMILES string of the molecule is C=C1CC(C)=Cc2ccccc2N1. The summed E-state index contributed by atoms with van der Waals surface area (Å²) in [6.07, 6.45) is 3.15. The van der Waals surface area contributed by atoms with Crippen molar-refractivity contribution in [3.05, 3.63) is 47.7 Å². The van der Waals surface area contributed by atoms with Crippen LogP contribution in [-0.4, -0.2) is 0 Å². The lowest BCUT2D eigenvalue weighted by atomic mass is 10.1. The summed E-state index contributed by atoms with van der Waals surface area (Å²) in [5, 5.41) is 3.31. The molecule has 66 valence electrons. The van der Waals surface area contributed by atoms with E-state index in [0.29, 0.717) is 0 Å². The molecule has 1 heterocycles. The minimum atomic E-state index is 0.939. The molecule has 1 N–H and O–H groups in total. The van der Waals surface area contributed by atoms with Crippen LogP contribution in [0.5, 0.6) is 0 Å². The topological polar surface area (TPSA) is 12.0 Å². The van der Waals surface area contributed by atoms with Gasteiger partial charge in [-0.3, -0.25) is 0 Å². The molecule has 0 radical (unpaired) electrons. The van der Waals surface area contributed by atoms with Crippen LogP contribution >= 0.6 is 0 Å². The number of fused-ring (bicyclic) bond motifs is 1. The van der Waals surface area contributed by atoms with E-state index >= 15 is 0 Å².